The third-order valence-corrected chi connectivity index (χ3v) is 4.47. The fourth-order valence-electron chi connectivity index (χ4n) is 2.76. The van der Waals surface area contributed by atoms with Gasteiger partial charge in [-0.05, 0) is 47.2 Å². The van der Waals surface area contributed by atoms with Crippen molar-refractivity contribution in [2.24, 2.45) is 0 Å². The Labute approximate surface area is 171 Å². The van der Waals surface area contributed by atoms with Gasteiger partial charge in [-0.25, -0.2) is 0 Å². The van der Waals surface area contributed by atoms with Gasteiger partial charge in [0.15, 0.2) is 5.82 Å². The molecule has 0 aliphatic carbocycles. The van der Waals surface area contributed by atoms with Gasteiger partial charge in [-0.15, -0.1) is 5.10 Å². The normalized spacial score (nSPS) is 11.4. The Morgan fingerprint density at radius 1 is 1.14 bits per heavy atom. The van der Waals surface area contributed by atoms with Crippen molar-refractivity contribution in [3.05, 3.63) is 83.3 Å². The number of hydrogen-bond acceptors (Lipinski definition) is 5. The quantitative estimate of drug-likeness (QED) is 0.493. The van der Waals surface area contributed by atoms with Gasteiger partial charge < -0.3 is 9.73 Å². The van der Waals surface area contributed by atoms with Crippen molar-refractivity contribution in [2.45, 2.75) is 6.92 Å². The number of nitrogens with zero attached hydrogens (tertiary/aromatic N) is 4. The van der Waals surface area contributed by atoms with E-state index in [0.29, 0.717) is 22.3 Å². The second-order valence-electron chi connectivity index (χ2n) is 6.24. The minimum atomic E-state index is -0.406. The average molecular weight is 406 g/mol. The molecule has 1 amide bonds. The third kappa shape index (κ3) is 4.09. The smallest absolute Gasteiger partial charge is 0.274 e. The Bertz CT molecular complexity index is 1170. The van der Waals surface area contributed by atoms with E-state index in [1.807, 2.05) is 43.3 Å². The van der Waals surface area contributed by atoms with Gasteiger partial charge in [0, 0.05) is 22.3 Å². The first-order valence-electron chi connectivity index (χ1n) is 8.79. The zero-order chi connectivity index (χ0) is 20.2. The Kier molecular flexibility index (Phi) is 5.22. The highest BCUT2D eigenvalue weighted by Crippen LogP contribution is 2.24. The lowest BCUT2D eigenvalue weighted by Gasteiger charge is -2.12. The number of furan rings is 1. The van der Waals surface area contributed by atoms with Gasteiger partial charge in [0.2, 0.25) is 0 Å². The topological polar surface area (TPSA) is 85.8 Å². The molecule has 0 bridgehead atoms. The first-order valence-corrected chi connectivity index (χ1v) is 9.16. The van der Waals surface area contributed by atoms with E-state index in [-0.39, 0.29) is 5.70 Å². The molecule has 0 spiro atoms. The van der Waals surface area contributed by atoms with Crippen LogP contribution in [0.5, 0.6) is 0 Å². The lowest BCUT2D eigenvalue weighted by molar-refractivity contribution is -0.111. The average Bonchev–Trinajstić information content (AvgIpc) is 3.41. The Morgan fingerprint density at radius 3 is 2.72 bits per heavy atom. The maximum absolute atomic E-state index is 13.2. The fraction of sp³-hybridized carbons (Fsp3) is 0.0476. The summed E-state index contributed by atoms with van der Waals surface area (Å²) in [6.07, 6.45) is 3.11. The number of carbonyl (C=O) groups excluding carboxylic acids is 1. The molecule has 0 radical (unpaired) electrons. The second-order valence-corrected chi connectivity index (χ2v) is 6.68. The van der Waals surface area contributed by atoms with Crippen molar-refractivity contribution >= 4 is 35.0 Å². The number of carbonyl (C=O) groups is 1. The van der Waals surface area contributed by atoms with Crippen molar-refractivity contribution in [1.82, 2.24) is 20.2 Å². The number of aryl methyl sites for hydroxylation is 1. The van der Waals surface area contributed by atoms with Crippen LogP contribution in [0.25, 0.3) is 23.2 Å². The van der Waals surface area contributed by atoms with Crippen molar-refractivity contribution in [3.8, 4) is 11.4 Å². The van der Waals surface area contributed by atoms with Crippen LogP contribution in [0.1, 0.15) is 11.3 Å². The molecule has 2 aromatic carbocycles. The highest BCUT2D eigenvalue weighted by Gasteiger charge is 2.20. The predicted octanol–water partition coefficient (Wildman–Crippen LogP) is 4.53. The summed E-state index contributed by atoms with van der Waals surface area (Å²) in [5.74, 6) is 0.519. The van der Waals surface area contributed by atoms with E-state index in [4.69, 9.17) is 16.0 Å². The van der Waals surface area contributed by atoms with Crippen molar-refractivity contribution in [2.75, 3.05) is 5.32 Å². The van der Waals surface area contributed by atoms with Crippen molar-refractivity contribution in [1.29, 1.82) is 0 Å². The fourth-order valence-corrected chi connectivity index (χ4v) is 2.93. The van der Waals surface area contributed by atoms with Crippen LogP contribution in [0.3, 0.4) is 0 Å². The van der Waals surface area contributed by atoms with Crippen LogP contribution in [0, 0.1) is 6.92 Å². The first kappa shape index (κ1) is 18.6. The summed E-state index contributed by atoms with van der Waals surface area (Å²) in [6.45, 7) is 1.88. The van der Waals surface area contributed by atoms with Crippen LogP contribution in [0.15, 0.2) is 71.3 Å². The molecule has 1 N–H and O–H groups in total. The number of aromatic nitrogens is 4. The van der Waals surface area contributed by atoms with Gasteiger partial charge in [-0.2, -0.15) is 4.68 Å². The lowest BCUT2D eigenvalue weighted by atomic mass is 10.2. The van der Waals surface area contributed by atoms with E-state index >= 15 is 0 Å². The highest BCUT2D eigenvalue weighted by molar-refractivity contribution is 6.31. The molecule has 0 saturated carbocycles. The number of nitrogens with one attached hydrogen (secondary N) is 1. The predicted molar refractivity (Wildman–Crippen MR) is 111 cm³/mol. The Morgan fingerprint density at radius 2 is 1.97 bits per heavy atom. The molecule has 144 valence electrons. The summed E-state index contributed by atoms with van der Waals surface area (Å²) in [5.41, 5.74) is 2.44. The molecule has 2 heterocycles. The SMILES string of the molecule is Cc1ccc(Cl)cc1NC(=O)C(=Cc1ccco1)n1nnnc1-c1ccccc1. The van der Waals surface area contributed by atoms with E-state index in [1.54, 1.807) is 30.3 Å². The molecule has 2 aromatic heterocycles. The van der Waals surface area contributed by atoms with Crippen molar-refractivity contribution < 1.29 is 9.21 Å². The van der Waals surface area contributed by atoms with Crippen LogP contribution in [-0.2, 0) is 4.79 Å². The maximum atomic E-state index is 13.2. The second kappa shape index (κ2) is 8.12. The molecule has 0 unspecified atom stereocenters. The number of anilines is 1. The molecule has 0 fully saturated rings. The molecular formula is C21H16ClN5O2. The number of amides is 1. The van der Waals surface area contributed by atoms with Gasteiger partial charge in [0.05, 0.1) is 6.26 Å². The zero-order valence-corrected chi connectivity index (χ0v) is 16.2. The summed E-state index contributed by atoms with van der Waals surface area (Å²) in [4.78, 5) is 13.2. The molecular weight excluding hydrogens is 390 g/mol. The number of rotatable bonds is 5. The lowest BCUT2D eigenvalue weighted by Crippen LogP contribution is -2.20. The zero-order valence-electron chi connectivity index (χ0n) is 15.4. The molecule has 0 saturated heterocycles. The van der Waals surface area contributed by atoms with E-state index in [2.05, 4.69) is 20.8 Å². The largest absolute Gasteiger partial charge is 0.465 e. The molecule has 0 atom stereocenters. The molecule has 0 aliphatic heterocycles. The maximum Gasteiger partial charge on any atom is 0.274 e. The first-order chi connectivity index (χ1) is 14.1. The molecule has 0 aliphatic rings. The minimum absolute atomic E-state index is 0.197. The summed E-state index contributed by atoms with van der Waals surface area (Å²) in [6, 6.07) is 18.1. The third-order valence-electron chi connectivity index (χ3n) is 4.23. The molecule has 7 nitrogen and oxygen atoms in total. The molecule has 29 heavy (non-hydrogen) atoms. The summed E-state index contributed by atoms with van der Waals surface area (Å²) in [7, 11) is 0. The van der Waals surface area contributed by atoms with Crippen LogP contribution < -0.4 is 5.32 Å². The molecule has 8 heteroatoms. The molecule has 4 rings (SSSR count). The van der Waals surface area contributed by atoms with E-state index in [9.17, 15) is 4.79 Å². The Balaban J connectivity index is 1.77. The number of halogens is 1. The van der Waals surface area contributed by atoms with Gasteiger partial charge >= 0.3 is 0 Å². The van der Waals surface area contributed by atoms with Gasteiger partial charge in [0.25, 0.3) is 5.91 Å². The van der Waals surface area contributed by atoms with E-state index in [0.717, 1.165) is 11.1 Å². The van der Waals surface area contributed by atoms with Crippen LogP contribution in [0.2, 0.25) is 5.02 Å². The molecule has 4 aromatic rings. The summed E-state index contributed by atoms with van der Waals surface area (Å²) in [5, 5.41) is 15.3. The van der Waals surface area contributed by atoms with Crippen LogP contribution in [0.4, 0.5) is 5.69 Å². The minimum Gasteiger partial charge on any atom is -0.465 e. The summed E-state index contributed by atoms with van der Waals surface area (Å²) >= 11 is 6.08. The van der Waals surface area contributed by atoms with Gasteiger partial charge in [-0.1, -0.05) is 48.0 Å². The number of benzene rings is 2. The summed E-state index contributed by atoms with van der Waals surface area (Å²) < 4.78 is 6.77. The van der Waals surface area contributed by atoms with Crippen molar-refractivity contribution in [3.63, 3.8) is 0 Å². The van der Waals surface area contributed by atoms with Crippen LogP contribution >= 0.6 is 11.6 Å². The number of hydrogen-bond donors (Lipinski definition) is 1. The highest BCUT2D eigenvalue weighted by atomic mass is 35.5. The Hall–Kier alpha value is -3.71. The standard InChI is InChI=1S/C21H16ClN5O2/c1-14-9-10-16(22)12-18(14)23-21(28)19(13-17-8-5-11-29-17)27-20(24-25-26-27)15-6-3-2-4-7-15/h2-13H,1H3,(H,23,28). The van der Waals surface area contributed by atoms with E-state index in [1.165, 1.54) is 10.9 Å². The van der Waals surface area contributed by atoms with Gasteiger partial charge in [-0.3, -0.25) is 4.79 Å². The number of tetrazole rings is 1. The monoisotopic (exact) mass is 405 g/mol. The van der Waals surface area contributed by atoms with Crippen LogP contribution in [-0.4, -0.2) is 26.1 Å². The van der Waals surface area contributed by atoms with E-state index < -0.39 is 5.91 Å². The van der Waals surface area contributed by atoms with Gasteiger partial charge in [0.1, 0.15) is 11.5 Å².